The van der Waals surface area contributed by atoms with Crippen molar-refractivity contribution in [3.63, 3.8) is 0 Å². The zero-order chi connectivity index (χ0) is 22.7. The number of aromatic amines is 1. The number of aromatic nitrogens is 5. The Morgan fingerprint density at radius 1 is 1.19 bits per heavy atom. The summed E-state index contributed by atoms with van der Waals surface area (Å²) in [5.74, 6) is 1.06. The van der Waals surface area contributed by atoms with Crippen LogP contribution in [0.2, 0.25) is 0 Å². The average molecular weight is 433 g/mol. The lowest BCUT2D eigenvalue weighted by Gasteiger charge is -2.14. The molecule has 0 amide bonds. The predicted molar refractivity (Wildman–Crippen MR) is 124 cm³/mol. The van der Waals surface area contributed by atoms with Crippen molar-refractivity contribution in [1.82, 2.24) is 25.2 Å². The van der Waals surface area contributed by atoms with E-state index in [0.717, 1.165) is 28.7 Å². The second-order valence-corrected chi connectivity index (χ2v) is 8.94. The number of nitrogens with two attached hydrogens (primary N) is 1. The first kappa shape index (κ1) is 21.5. The van der Waals surface area contributed by atoms with Gasteiger partial charge in [0.25, 0.3) is 6.47 Å². The quantitative estimate of drug-likeness (QED) is 0.455. The number of carbonyl (C=O) groups is 1. The van der Waals surface area contributed by atoms with Gasteiger partial charge in [-0.2, -0.15) is 5.10 Å². The fourth-order valence-corrected chi connectivity index (χ4v) is 3.49. The molecule has 8 nitrogen and oxygen atoms in total. The smallest absolute Gasteiger partial charge is 0.293 e. The number of benzene rings is 2. The van der Waals surface area contributed by atoms with Crippen LogP contribution in [0.4, 0.5) is 5.82 Å². The number of hydrogen-bond acceptors (Lipinski definition) is 6. The van der Waals surface area contributed by atoms with Crippen molar-refractivity contribution in [1.29, 1.82) is 0 Å². The fourth-order valence-electron chi connectivity index (χ4n) is 3.49. The number of fused-ring (bicyclic) bond motifs is 1. The van der Waals surface area contributed by atoms with Crippen LogP contribution in [0.3, 0.4) is 0 Å². The Bertz CT molecular complexity index is 1200. The summed E-state index contributed by atoms with van der Waals surface area (Å²) in [6.45, 7) is 6.67. The van der Waals surface area contributed by atoms with E-state index in [2.05, 4.69) is 61.6 Å². The molecule has 2 aromatic heterocycles. The molecule has 5 rings (SSSR count). The first-order valence-corrected chi connectivity index (χ1v) is 10.7. The predicted octanol–water partition coefficient (Wildman–Crippen LogP) is 4.29. The van der Waals surface area contributed by atoms with Crippen molar-refractivity contribution in [2.45, 2.75) is 51.7 Å². The number of nitrogens with zero attached hydrogens (tertiary/aromatic N) is 4. The van der Waals surface area contributed by atoms with E-state index in [-0.39, 0.29) is 5.60 Å². The Balaban J connectivity index is 0.000000307. The minimum absolute atomic E-state index is 0.318. The molecule has 1 aliphatic carbocycles. The van der Waals surface area contributed by atoms with Gasteiger partial charge < -0.3 is 10.5 Å². The summed E-state index contributed by atoms with van der Waals surface area (Å²) in [4.78, 5) is 9.60. The van der Waals surface area contributed by atoms with Gasteiger partial charge in [0.15, 0.2) is 5.82 Å². The van der Waals surface area contributed by atoms with E-state index in [1.165, 1.54) is 24.1 Å². The first-order chi connectivity index (χ1) is 15.4. The third-order valence-corrected chi connectivity index (χ3v) is 5.18. The normalized spacial score (nSPS) is 13.5. The van der Waals surface area contributed by atoms with E-state index >= 15 is 0 Å². The van der Waals surface area contributed by atoms with Crippen molar-refractivity contribution >= 4 is 23.2 Å². The molecule has 0 atom stereocenters. The Hall–Kier alpha value is -3.68. The maximum absolute atomic E-state index is 9.60. The van der Waals surface area contributed by atoms with Gasteiger partial charge in [-0.25, -0.2) is 4.68 Å². The third kappa shape index (κ3) is 4.96. The molecule has 32 heavy (non-hydrogen) atoms. The Kier molecular flexibility index (Phi) is 5.94. The minimum atomic E-state index is -0.318. The van der Waals surface area contributed by atoms with Crippen LogP contribution in [0, 0.1) is 0 Å². The number of hydrogen-bond donors (Lipinski definition) is 2. The zero-order valence-electron chi connectivity index (χ0n) is 18.6. The molecule has 2 heterocycles. The topological polar surface area (TPSA) is 112 Å². The third-order valence-electron chi connectivity index (χ3n) is 5.18. The molecule has 1 saturated carbocycles. The zero-order valence-corrected chi connectivity index (χ0v) is 18.6. The minimum Gasteiger partial charge on any atom is -0.462 e. The van der Waals surface area contributed by atoms with Gasteiger partial charge in [-0.1, -0.05) is 41.6 Å². The van der Waals surface area contributed by atoms with Crippen LogP contribution in [0.5, 0.6) is 0 Å². The summed E-state index contributed by atoms with van der Waals surface area (Å²) < 4.78 is 6.60. The highest BCUT2D eigenvalue weighted by molar-refractivity contribution is 5.92. The molecule has 0 unspecified atom stereocenters. The van der Waals surface area contributed by atoms with Crippen molar-refractivity contribution in [2.24, 2.45) is 0 Å². The monoisotopic (exact) mass is 432 g/mol. The average Bonchev–Trinajstić information content (AvgIpc) is 3.42. The molecule has 0 bridgehead atoms. The highest BCUT2D eigenvalue weighted by Crippen LogP contribution is 2.44. The van der Waals surface area contributed by atoms with Gasteiger partial charge in [-0.05, 0) is 51.3 Å². The highest BCUT2D eigenvalue weighted by Gasteiger charge is 2.32. The standard InChI is InChI=1S/C19H18N6.C5H10O2/c20-19-15-10-14(8-9-16(15)21-23-19)17-18(13-6-7-13)25(24-22-17)11-12-4-2-1-3-5-12;1-5(2,3)7-4-6/h1-5,8-10,13H,6-7,11H2,(H3,20,21,23);4H,1-3H3. The van der Waals surface area contributed by atoms with Crippen LogP contribution >= 0.6 is 0 Å². The first-order valence-electron chi connectivity index (χ1n) is 10.7. The molecule has 0 spiro atoms. The maximum Gasteiger partial charge on any atom is 0.293 e. The van der Waals surface area contributed by atoms with Crippen LogP contribution in [0.15, 0.2) is 48.5 Å². The number of ether oxygens (including phenoxy) is 1. The molecule has 0 saturated heterocycles. The lowest BCUT2D eigenvalue weighted by atomic mass is 10.1. The summed E-state index contributed by atoms with van der Waals surface area (Å²) >= 11 is 0. The van der Waals surface area contributed by atoms with Gasteiger partial charge in [0.05, 0.1) is 17.8 Å². The summed E-state index contributed by atoms with van der Waals surface area (Å²) in [7, 11) is 0. The van der Waals surface area contributed by atoms with E-state index in [4.69, 9.17) is 5.73 Å². The van der Waals surface area contributed by atoms with Gasteiger partial charge in [-0.3, -0.25) is 9.89 Å². The van der Waals surface area contributed by atoms with Gasteiger partial charge >= 0.3 is 0 Å². The van der Waals surface area contributed by atoms with E-state index in [0.29, 0.717) is 18.2 Å². The van der Waals surface area contributed by atoms with Crippen molar-refractivity contribution < 1.29 is 9.53 Å². The number of anilines is 1. The van der Waals surface area contributed by atoms with E-state index in [1.54, 1.807) is 0 Å². The van der Waals surface area contributed by atoms with Crippen molar-refractivity contribution in [2.75, 3.05) is 5.73 Å². The summed E-state index contributed by atoms with van der Waals surface area (Å²) in [5, 5.41) is 16.9. The maximum atomic E-state index is 9.60. The molecule has 1 aliphatic rings. The second-order valence-electron chi connectivity index (χ2n) is 8.94. The summed E-state index contributed by atoms with van der Waals surface area (Å²) in [6, 6.07) is 16.5. The molecule has 2 aromatic carbocycles. The second kappa shape index (κ2) is 8.82. The van der Waals surface area contributed by atoms with Crippen LogP contribution in [0.1, 0.15) is 50.8 Å². The number of carbonyl (C=O) groups excluding carboxylic acids is 1. The molecule has 1 fully saturated rings. The highest BCUT2D eigenvalue weighted by atomic mass is 16.5. The van der Waals surface area contributed by atoms with E-state index < -0.39 is 0 Å². The van der Waals surface area contributed by atoms with Gasteiger partial charge in [-0.15, -0.1) is 5.10 Å². The van der Waals surface area contributed by atoms with Crippen LogP contribution in [0.25, 0.3) is 22.2 Å². The van der Waals surface area contributed by atoms with Crippen LogP contribution in [-0.2, 0) is 16.1 Å². The number of nitrogens with one attached hydrogen (secondary N) is 1. The van der Waals surface area contributed by atoms with Gasteiger partial charge in [0.2, 0.25) is 0 Å². The molecular formula is C24H28N6O2. The van der Waals surface area contributed by atoms with E-state index in [9.17, 15) is 4.79 Å². The molecule has 166 valence electrons. The molecule has 8 heteroatoms. The summed E-state index contributed by atoms with van der Waals surface area (Å²) in [6.07, 6.45) is 2.40. The van der Waals surface area contributed by atoms with Crippen molar-refractivity contribution in [3.05, 3.63) is 59.8 Å². The molecule has 0 radical (unpaired) electrons. The van der Waals surface area contributed by atoms with Gasteiger partial charge in [0.1, 0.15) is 11.3 Å². The Morgan fingerprint density at radius 3 is 2.56 bits per heavy atom. The molecular weight excluding hydrogens is 404 g/mol. The van der Waals surface area contributed by atoms with Crippen molar-refractivity contribution in [3.8, 4) is 11.3 Å². The Morgan fingerprint density at radius 2 is 1.94 bits per heavy atom. The molecule has 0 aliphatic heterocycles. The lowest BCUT2D eigenvalue weighted by molar-refractivity contribution is -0.138. The lowest BCUT2D eigenvalue weighted by Crippen LogP contribution is -2.17. The molecule has 3 N–H and O–H groups in total. The summed E-state index contributed by atoms with van der Waals surface area (Å²) in [5.41, 5.74) is 11.0. The number of rotatable bonds is 5. The largest absolute Gasteiger partial charge is 0.462 e. The Labute approximate surface area is 186 Å². The fraction of sp³-hybridized carbons (Fsp3) is 0.333. The van der Waals surface area contributed by atoms with Gasteiger partial charge in [0, 0.05) is 16.9 Å². The number of nitrogen functional groups attached to an aromatic ring is 1. The van der Waals surface area contributed by atoms with E-state index in [1.807, 2.05) is 37.6 Å². The number of H-pyrrole nitrogens is 1. The van der Waals surface area contributed by atoms with Crippen LogP contribution in [-0.4, -0.2) is 37.3 Å². The molecule has 4 aromatic rings. The SMILES string of the molecule is CC(C)(C)OC=O.Nc1n[nH]c2ccc(-c3nnn(Cc4ccccc4)c3C3CC3)cc12. The van der Waals surface area contributed by atoms with Crippen LogP contribution < -0.4 is 5.73 Å².